The molecule has 0 aliphatic heterocycles. The molecule has 0 radical (unpaired) electrons. The average molecular weight is 270 g/mol. The molecule has 0 spiro atoms. The molecule has 0 saturated heterocycles. The van der Waals surface area contributed by atoms with Gasteiger partial charge < -0.3 is 10.6 Å². The maximum Gasteiger partial charge on any atom is 0.220 e. The van der Waals surface area contributed by atoms with Gasteiger partial charge in [0, 0.05) is 32.0 Å². The lowest BCUT2D eigenvalue weighted by Gasteiger charge is -2.05. The molecule has 2 N–H and O–H groups in total. The monoisotopic (exact) mass is 270 g/mol. The number of amides is 1. The summed E-state index contributed by atoms with van der Waals surface area (Å²) in [7, 11) is 1.76. The Balaban J connectivity index is 2.45. The number of nitrogens with one attached hydrogen (secondary N) is 2. The molecular formula is C13H16F2N2O2. The molecule has 4 nitrogen and oxygen atoms in total. The van der Waals surface area contributed by atoms with E-state index in [9.17, 15) is 18.4 Å². The molecule has 0 bridgehead atoms. The van der Waals surface area contributed by atoms with E-state index >= 15 is 0 Å². The average Bonchev–Trinajstić information content (AvgIpc) is 2.36. The Morgan fingerprint density at radius 1 is 1.16 bits per heavy atom. The number of carbonyl (C=O) groups excluding carboxylic acids is 2. The first-order valence-electron chi connectivity index (χ1n) is 5.94. The molecule has 0 aromatic heterocycles. The van der Waals surface area contributed by atoms with Crippen LogP contribution in [0.1, 0.15) is 23.2 Å². The summed E-state index contributed by atoms with van der Waals surface area (Å²) in [5.74, 6) is -2.42. The summed E-state index contributed by atoms with van der Waals surface area (Å²) in [5.41, 5.74) is -0.190. The van der Waals surface area contributed by atoms with Crippen LogP contribution in [0.3, 0.4) is 0 Å². The lowest BCUT2D eigenvalue weighted by Crippen LogP contribution is -2.30. The van der Waals surface area contributed by atoms with Crippen LogP contribution in [0.5, 0.6) is 0 Å². The zero-order valence-electron chi connectivity index (χ0n) is 10.6. The van der Waals surface area contributed by atoms with Crippen LogP contribution < -0.4 is 10.6 Å². The van der Waals surface area contributed by atoms with Crippen molar-refractivity contribution in [1.82, 2.24) is 10.6 Å². The van der Waals surface area contributed by atoms with Crippen molar-refractivity contribution in [3.05, 3.63) is 35.4 Å². The second-order valence-corrected chi connectivity index (χ2v) is 4.00. The van der Waals surface area contributed by atoms with E-state index in [0.29, 0.717) is 19.2 Å². The van der Waals surface area contributed by atoms with Gasteiger partial charge in [0.1, 0.15) is 11.6 Å². The van der Waals surface area contributed by atoms with Gasteiger partial charge in [-0.2, -0.15) is 0 Å². The number of rotatable bonds is 7. The minimum Gasteiger partial charge on any atom is -0.355 e. The maximum atomic E-state index is 13.3. The highest BCUT2D eigenvalue weighted by Gasteiger charge is 2.13. The Morgan fingerprint density at radius 2 is 1.89 bits per heavy atom. The van der Waals surface area contributed by atoms with E-state index in [1.807, 2.05) is 0 Å². The second kappa shape index (κ2) is 7.58. The first-order valence-corrected chi connectivity index (χ1v) is 5.94. The van der Waals surface area contributed by atoms with Gasteiger partial charge in [-0.3, -0.25) is 9.59 Å². The van der Waals surface area contributed by atoms with E-state index in [1.54, 1.807) is 7.05 Å². The van der Waals surface area contributed by atoms with Gasteiger partial charge in [-0.05, 0) is 19.2 Å². The summed E-state index contributed by atoms with van der Waals surface area (Å²) in [6.45, 7) is 1.10. The smallest absolute Gasteiger partial charge is 0.220 e. The van der Waals surface area contributed by atoms with Gasteiger partial charge in [0.25, 0.3) is 0 Å². The molecular weight excluding hydrogens is 254 g/mol. The van der Waals surface area contributed by atoms with Crippen molar-refractivity contribution < 1.29 is 18.4 Å². The number of carbonyl (C=O) groups is 2. The SMILES string of the molecule is CNCCNC(=O)CCC(=O)c1ccc(F)cc1F. The van der Waals surface area contributed by atoms with Crippen LogP contribution in [0.15, 0.2) is 18.2 Å². The summed E-state index contributed by atoms with van der Waals surface area (Å²) in [4.78, 5) is 23.0. The van der Waals surface area contributed by atoms with Crippen LogP contribution in [0, 0.1) is 11.6 Å². The molecule has 1 aromatic carbocycles. The second-order valence-electron chi connectivity index (χ2n) is 4.00. The summed E-state index contributed by atoms with van der Waals surface area (Å²) in [6.07, 6.45) is -0.118. The lowest BCUT2D eigenvalue weighted by atomic mass is 10.1. The van der Waals surface area contributed by atoms with Crippen molar-refractivity contribution in [2.75, 3.05) is 20.1 Å². The quantitative estimate of drug-likeness (QED) is 0.579. The number of ketones is 1. The Hall–Kier alpha value is -1.82. The fourth-order valence-corrected chi connectivity index (χ4v) is 1.49. The Bertz CT molecular complexity index is 464. The fourth-order valence-electron chi connectivity index (χ4n) is 1.49. The molecule has 0 atom stereocenters. The predicted octanol–water partition coefficient (Wildman–Crippen LogP) is 1.26. The van der Waals surface area contributed by atoms with Crippen molar-refractivity contribution in [2.24, 2.45) is 0 Å². The zero-order valence-corrected chi connectivity index (χ0v) is 10.6. The minimum atomic E-state index is -0.902. The fraction of sp³-hybridized carbons (Fsp3) is 0.385. The van der Waals surface area contributed by atoms with Crippen LogP contribution in [0.4, 0.5) is 8.78 Å². The third-order valence-electron chi connectivity index (χ3n) is 2.51. The summed E-state index contributed by atoms with van der Waals surface area (Å²) in [6, 6.07) is 2.76. The molecule has 0 heterocycles. The molecule has 1 amide bonds. The molecule has 0 unspecified atom stereocenters. The Labute approximate surface area is 110 Å². The van der Waals surface area contributed by atoms with Crippen LogP contribution in [0.25, 0.3) is 0 Å². The van der Waals surface area contributed by atoms with Crippen molar-refractivity contribution in [3.8, 4) is 0 Å². The minimum absolute atomic E-state index is 0.0145. The van der Waals surface area contributed by atoms with Crippen LogP contribution in [-0.2, 0) is 4.79 Å². The van der Waals surface area contributed by atoms with Gasteiger partial charge in [0.05, 0.1) is 5.56 Å². The van der Waals surface area contributed by atoms with Gasteiger partial charge in [-0.25, -0.2) is 8.78 Å². The highest BCUT2D eigenvalue weighted by Crippen LogP contribution is 2.12. The summed E-state index contributed by atoms with van der Waals surface area (Å²) < 4.78 is 26.0. The predicted molar refractivity (Wildman–Crippen MR) is 66.9 cm³/mol. The summed E-state index contributed by atoms with van der Waals surface area (Å²) >= 11 is 0. The maximum absolute atomic E-state index is 13.3. The van der Waals surface area contributed by atoms with Crippen molar-refractivity contribution in [3.63, 3.8) is 0 Å². The molecule has 0 saturated carbocycles. The molecule has 104 valence electrons. The molecule has 0 aliphatic rings. The number of Topliss-reactive ketones (excluding diaryl/α,β-unsaturated/α-hetero) is 1. The number of hydrogen-bond acceptors (Lipinski definition) is 3. The molecule has 1 rings (SSSR count). The molecule has 1 aromatic rings. The van der Waals surface area contributed by atoms with Crippen LogP contribution >= 0.6 is 0 Å². The van der Waals surface area contributed by atoms with E-state index in [1.165, 1.54) is 0 Å². The number of likely N-dealkylation sites (N-methyl/N-ethyl adjacent to an activating group) is 1. The van der Waals surface area contributed by atoms with Gasteiger partial charge in [-0.1, -0.05) is 0 Å². The standard InChI is InChI=1S/C13H16F2N2O2/c1-16-6-7-17-13(19)5-4-12(18)10-3-2-9(14)8-11(10)15/h2-3,8,16H,4-7H2,1H3,(H,17,19). The van der Waals surface area contributed by atoms with E-state index in [-0.39, 0.29) is 24.3 Å². The Kier molecular flexibility index (Phi) is 6.08. The molecule has 19 heavy (non-hydrogen) atoms. The number of halogens is 2. The van der Waals surface area contributed by atoms with Crippen molar-refractivity contribution in [2.45, 2.75) is 12.8 Å². The van der Waals surface area contributed by atoms with Gasteiger partial charge >= 0.3 is 0 Å². The van der Waals surface area contributed by atoms with E-state index in [0.717, 1.165) is 12.1 Å². The van der Waals surface area contributed by atoms with E-state index in [4.69, 9.17) is 0 Å². The first kappa shape index (κ1) is 15.2. The summed E-state index contributed by atoms with van der Waals surface area (Å²) in [5, 5.41) is 5.47. The van der Waals surface area contributed by atoms with E-state index in [2.05, 4.69) is 10.6 Å². The molecule has 0 aliphatic carbocycles. The van der Waals surface area contributed by atoms with Crippen LogP contribution in [-0.4, -0.2) is 31.8 Å². The number of benzene rings is 1. The highest BCUT2D eigenvalue weighted by atomic mass is 19.1. The highest BCUT2D eigenvalue weighted by molar-refractivity contribution is 5.98. The van der Waals surface area contributed by atoms with Gasteiger partial charge in [0.15, 0.2) is 5.78 Å². The topological polar surface area (TPSA) is 58.2 Å². The molecule has 6 heteroatoms. The van der Waals surface area contributed by atoms with Gasteiger partial charge in [-0.15, -0.1) is 0 Å². The Morgan fingerprint density at radius 3 is 2.53 bits per heavy atom. The largest absolute Gasteiger partial charge is 0.355 e. The third kappa shape index (κ3) is 5.13. The number of hydrogen-bond donors (Lipinski definition) is 2. The normalized spacial score (nSPS) is 10.3. The van der Waals surface area contributed by atoms with Crippen molar-refractivity contribution in [1.29, 1.82) is 0 Å². The van der Waals surface area contributed by atoms with Gasteiger partial charge in [0.2, 0.25) is 5.91 Å². The van der Waals surface area contributed by atoms with E-state index < -0.39 is 17.4 Å². The zero-order chi connectivity index (χ0) is 14.3. The molecule has 0 fully saturated rings. The van der Waals surface area contributed by atoms with Crippen molar-refractivity contribution >= 4 is 11.7 Å². The van der Waals surface area contributed by atoms with Crippen LogP contribution in [0.2, 0.25) is 0 Å². The third-order valence-corrected chi connectivity index (χ3v) is 2.51. The lowest BCUT2D eigenvalue weighted by molar-refractivity contribution is -0.121. The first-order chi connectivity index (χ1) is 9.04.